The van der Waals surface area contributed by atoms with Crippen molar-refractivity contribution in [2.45, 2.75) is 41.0 Å². The van der Waals surface area contributed by atoms with E-state index in [0.717, 1.165) is 17.8 Å². The summed E-state index contributed by atoms with van der Waals surface area (Å²) >= 11 is 0. The lowest BCUT2D eigenvalue weighted by Gasteiger charge is -2.40. The van der Waals surface area contributed by atoms with Crippen LogP contribution in [-0.4, -0.2) is 18.2 Å². The molecule has 1 N–H and O–H groups in total. The van der Waals surface area contributed by atoms with Gasteiger partial charge in [0.1, 0.15) is 0 Å². The third-order valence-electron chi connectivity index (χ3n) is 4.59. The molecule has 0 bridgehead atoms. The molecule has 0 aromatic rings. The fourth-order valence-electron chi connectivity index (χ4n) is 3.14. The van der Waals surface area contributed by atoms with Gasteiger partial charge in [-0.05, 0) is 43.3 Å². The van der Waals surface area contributed by atoms with E-state index >= 15 is 0 Å². The first-order chi connectivity index (χ1) is 11.2. The summed E-state index contributed by atoms with van der Waals surface area (Å²) in [6.07, 6.45) is 14.5. The lowest BCUT2D eigenvalue weighted by atomic mass is 9.66. The van der Waals surface area contributed by atoms with Gasteiger partial charge in [-0.3, -0.25) is 0 Å². The maximum Gasteiger partial charge on any atom is 0.328 e. The van der Waals surface area contributed by atoms with Crippen LogP contribution >= 0.6 is 0 Å². The van der Waals surface area contributed by atoms with Gasteiger partial charge in [0.15, 0.2) is 0 Å². The van der Waals surface area contributed by atoms with Crippen LogP contribution < -0.4 is 0 Å². The van der Waals surface area contributed by atoms with Gasteiger partial charge in [0.25, 0.3) is 0 Å². The van der Waals surface area contributed by atoms with Crippen molar-refractivity contribution in [2.24, 2.45) is 17.3 Å². The van der Waals surface area contributed by atoms with Gasteiger partial charge in [0, 0.05) is 12.0 Å². The fourth-order valence-corrected chi connectivity index (χ4v) is 3.14. The van der Waals surface area contributed by atoms with Crippen LogP contribution in [-0.2, 0) is 9.53 Å². The smallest absolute Gasteiger partial charge is 0.328 e. The zero-order valence-corrected chi connectivity index (χ0v) is 15.7. The topological polar surface area (TPSA) is 46.5 Å². The lowest BCUT2D eigenvalue weighted by Crippen LogP contribution is -2.32. The molecule has 0 spiro atoms. The molecule has 3 nitrogen and oxygen atoms in total. The molecule has 0 heterocycles. The molecule has 24 heavy (non-hydrogen) atoms. The van der Waals surface area contributed by atoms with Crippen molar-refractivity contribution in [3.63, 3.8) is 0 Å². The number of allylic oxidation sites excluding steroid dienone is 9. The summed E-state index contributed by atoms with van der Waals surface area (Å²) in [4.78, 5) is 10.6. The van der Waals surface area contributed by atoms with E-state index in [0.29, 0.717) is 17.4 Å². The second kappa shape index (κ2) is 8.72. The van der Waals surface area contributed by atoms with Crippen LogP contribution in [0.3, 0.4) is 0 Å². The van der Waals surface area contributed by atoms with Crippen molar-refractivity contribution in [3.05, 3.63) is 59.4 Å². The number of ether oxygens (including phenoxy) is 1. The van der Waals surface area contributed by atoms with Crippen LogP contribution in [0, 0.1) is 17.3 Å². The molecule has 2 atom stereocenters. The van der Waals surface area contributed by atoms with Crippen LogP contribution in [0.25, 0.3) is 0 Å². The van der Waals surface area contributed by atoms with E-state index in [-0.39, 0.29) is 5.41 Å². The summed E-state index contributed by atoms with van der Waals surface area (Å²) in [6.45, 7) is 10.6. The standard InChI is InChI=1S/C21H30O3/c1-15(8-7-9-16(2)14-20(22)23)10-11-18-17(3)19(24-6)12-13-21(18,4)5/h7-12,14,17-18H,13H2,1-6H3,(H,22,23)/b9-7+,11-10+,15-8+,16-14+. The fraction of sp³-hybridized carbons (Fsp3) is 0.476. The predicted octanol–water partition coefficient (Wildman–Crippen LogP) is 5.29. The highest BCUT2D eigenvalue weighted by molar-refractivity contribution is 5.81. The number of carbonyl (C=O) groups is 1. The summed E-state index contributed by atoms with van der Waals surface area (Å²) < 4.78 is 5.50. The van der Waals surface area contributed by atoms with Gasteiger partial charge in [-0.15, -0.1) is 0 Å². The molecule has 0 aromatic carbocycles. The van der Waals surface area contributed by atoms with Gasteiger partial charge in [0.05, 0.1) is 12.9 Å². The van der Waals surface area contributed by atoms with Crippen molar-refractivity contribution in [1.29, 1.82) is 0 Å². The lowest BCUT2D eigenvalue weighted by molar-refractivity contribution is -0.131. The minimum Gasteiger partial charge on any atom is -0.501 e. The number of carboxylic acids is 1. The van der Waals surface area contributed by atoms with Gasteiger partial charge in [-0.1, -0.05) is 56.7 Å². The highest BCUT2D eigenvalue weighted by Crippen LogP contribution is 2.44. The normalized spacial score (nSPS) is 25.2. The molecule has 1 aliphatic rings. The van der Waals surface area contributed by atoms with Crippen LogP contribution in [0.4, 0.5) is 0 Å². The van der Waals surface area contributed by atoms with E-state index in [4.69, 9.17) is 9.84 Å². The number of rotatable bonds is 6. The first-order valence-corrected chi connectivity index (χ1v) is 8.36. The number of methoxy groups -OCH3 is 1. The van der Waals surface area contributed by atoms with E-state index in [1.807, 2.05) is 19.1 Å². The Morgan fingerprint density at radius 1 is 1.29 bits per heavy atom. The summed E-state index contributed by atoms with van der Waals surface area (Å²) in [5, 5.41) is 8.68. The van der Waals surface area contributed by atoms with Gasteiger partial charge in [-0.2, -0.15) is 0 Å². The highest BCUT2D eigenvalue weighted by atomic mass is 16.5. The minimum absolute atomic E-state index is 0.203. The molecule has 1 aliphatic carbocycles. The summed E-state index contributed by atoms with van der Waals surface area (Å²) in [5.74, 6) is 0.922. The Morgan fingerprint density at radius 3 is 2.54 bits per heavy atom. The molecule has 0 saturated carbocycles. The Labute approximate surface area is 146 Å². The van der Waals surface area contributed by atoms with Crippen molar-refractivity contribution < 1.29 is 14.6 Å². The molecule has 0 aliphatic heterocycles. The first-order valence-electron chi connectivity index (χ1n) is 8.36. The van der Waals surface area contributed by atoms with E-state index in [1.54, 1.807) is 20.1 Å². The molecule has 0 amide bonds. The third kappa shape index (κ3) is 5.88. The summed E-state index contributed by atoms with van der Waals surface area (Å²) in [7, 11) is 1.74. The Hall–Kier alpha value is -2.03. The quantitative estimate of drug-likeness (QED) is 0.532. The Bertz CT molecular complexity index is 601. The van der Waals surface area contributed by atoms with Crippen molar-refractivity contribution in [1.82, 2.24) is 0 Å². The Balaban J connectivity index is 2.83. The Morgan fingerprint density at radius 2 is 1.96 bits per heavy atom. The molecule has 0 aromatic heterocycles. The first kappa shape index (κ1) is 20.0. The van der Waals surface area contributed by atoms with Crippen LogP contribution in [0.15, 0.2) is 59.4 Å². The average molecular weight is 330 g/mol. The largest absolute Gasteiger partial charge is 0.501 e. The third-order valence-corrected chi connectivity index (χ3v) is 4.59. The molecule has 132 valence electrons. The number of hydrogen-bond acceptors (Lipinski definition) is 2. The van der Waals surface area contributed by atoms with Gasteiger partial charge >= 0.3 is 5.97 Å². The molecule has 0 saturated heterocycles. The van der Waals surface area contributed by atoms with Crippen LogP contribution in [0.2, 0.25) is 0 Å². The SMILES string of the molecule is COC1=CCC(C)(C)C(/C=C/C(C)=C/C=C/C(C)=C/C(=O)O)C1C. The van der Waals surface area contributed by atoms with Gasteiger partial charge < -0.3 is 9.84 Å². The monoisotopic (exact) mass is 330 g/mol. The summed E-state index contributed by atoms with van der Waals surface area (Å²) in [6, 6.07) is 0. The van der Waals surface area contributed by atoms with Gasteiger partial charge in [-0.25, -0.2) is 4.79 Å². The second-order valence-corrected chi connectivity index (χ2v) is 7.17. The molecular weight excluding hydrogens is 300 g/mol. The van der Waals surface area contributed by atoms with Gasteiger partial charge in [0.2, 0.25) is 0 Å². The minimum atomic E-state index is -0.923. The van der Waals surface area contributed by atoms with E-state index in [2.05, 4.69) is 39.0 Å². The van der Waals surface area contributed by atoms with Crippen molar-refractivity contribution in [3.8, 4) is 0 Å². The molecule has 0 radical (unpaired) electrons. The number of aliphatic carboxylic acids is 1. The average Bonchev–Trinajstić information content (AvgIpc) is 2.45. The maximum absolute atomic E-state index is 10.6. The van der Waals surface area contributed by atoms with E-state index < -0.39 is 5.97 Å². The van der Waals surface area contributed by atoms with Crippen LogP contribution in [0.5, 0.6) is 0 Å². The predicted molar refractivity (Wildman–Crippen MR) is 99.6 cm³/mol. The van der Waals surface area contributed by atoms with E-state index in [9.17, 15) is 4.79 Å². The molecule has 0 fully saturated rings. The molecule has 2 unspecified atom stereocenters. The summed E-state index contributed by atoms with van der Waals surface area (Å²) in [5.41, 5.74) is 2.05. The maximum atomic E-state index is 10.6. The second-order valence-electron chi connectivity index (χ2n) is 7.17. The highest BCUT2D eigenvalue weighted by Gasteiger charge is 2.36. The van der Waals surface area contributed by atoms with Crippen LogP contribution in [0.1, 0.15) is 41.0 Å². The van der Waals surface area contributed by atoms with E-state index in [1.165, 1.54) is 6.08 Å². The van der Waals surface area contributed by atoms with Crippen molar-refractivity contribution >= 4 is 5.97 Å². The Kier molecular flexibility index (Phi) is 7.27. The van der Waals surface area contributed by atoms with Crippen molar-refractivity contribution in [2.75, 3.05) is 7.11 Å². The molecular formula is C21H30O3. The molecule has 3 heteroatoms. The molecule has 1 rings (SSSR count). The number of carboxylic acid groups (broad SMARTS) is 1. The number of hydrogen-bond donors (Lipinski definition) is 1. The zero-order chi connectivity index (χ0) is 18.3. The zero-order valence-electron chi connectivity index (χ0n) is 15.7.